The van der Waals surface area contributed by atoms with Crippen molar-refractivity contribution < 1.29 is 14.3 Å². The van der Waals surface area contributed by atoms with E-state index in [4.69, 9.17) is 4.74 Å². The number of hydrogen-bond donors (Lipinski definition) is 0. The molecule has 4 fully saturated rings. The van der Waals surface area contributed by atoms with Gasteiger partial charge in [0, 0.05) is 25.9 Å². The van der Waals surface area contributed by atoms with Gasteiger partial charge in [-0.15, -0.1) is 0 Å². The second-order valence-electron chi connectivity index (χ2n) is 12.3. The first-order valence-corrected chi connectivity index (χ1v) is 13.8. The van der Waals surface area contributed by atoms with Crippen molar-refractivity contribution >= 4 is 11.9 Å². The van der Waals surface area contributed by atoms with Gasteiger partial charge in [0.2, 0.25) is 5.91 Å². The number of para-hydroxylation sites is 1. The number of rotatable bonds is 6. The van der Waals surface area contributed by atoms with E-state index < -0.39 is 0 Å². The first-order chi connectivity index (χ1) is 16.3. The van der Waals surface area contributed by atoms with Crippen LogP contribution in [0.15, 0.2) is 30.3 Å². The molecule has 1 saturated heterocycles. The molecular formula is C30H43NO3. The molecule has 0 bridgehead atoms. The molecule has 1 heterocycles. The lowest BCUT2D eigenvalue weighted by molar-refractivity contribution is -0.158. The normalized spacial score (nSPS) is 39.2. The van der Waals surface area contributed by atoms with E-state index in [1.165, 1.54) is 44.9 Å². The Bertz CT molecular complexity index is 900. The van der Waals surface area contributed by atoms with Gasteiger partial charge in [-0.05, 0) is 104 Å². The highest BCUT2D eigenvalue weighted by Crippen LogP contribution is 2.66. The van der Waals surface area contributed by atoms with Gasteiger partial charge in [0.15, 0.2) is 0 Å². The minimum absolute atomic E-state index is 0.108. The van der Waals surface area contributed by atoms with Crippen molar-refractivity contribution in [2.75, 3.05) is 7.05 Å². The van der Waals surface area contributed by atoms with Crippen LogP contribution in [0.4, 0.5) is 0 Å². The van der Waals surface area contributed by atoms with E-state index in [1.54, 1.807) is 0 Å². The molecule has 4 aliphatic rings. The number of carbonyl (C=O) groups excluding carboxylic acids is 2. The number of esters is 1. The smallest absolute Gasteiger partial charge is 0.311 e. The summed E-state index contributed by atoms with van der Waals surface area (Å²) in [5.41, 5.74) is 0.773. The van der Waals surface area contributed by atoms with Crippen LogP contribution in [0.25, 0.3) is 0 Å². The SMILES string of the molecule is CN1C(=O)CC[C@]2(C)[C@H]3CC[C@]4(C)[C@@H](CCCCC(=O)Oc5ccccc5)CC[C@H]4[C@@H]3CC[C@@H]12. The Morgan fingerprint density at radius 2 is 1.74 bits per heavy atom. The maximum absolute atomic E-state index is 12.4. The molecule has 186 valence electrons. The average Bonchev–Trinajstić information content (AvgIpc) is 3.16. The number of ether oxygens (including phenoxy) is 1. The van der Waals surface area contributed by atoms with E-state index in [2.05, 4.69) is 25.8 Å². The zero-order chi connectivity index (χ0) is 23.9. The molecule has 0 spiro atoms. The molecule has 1 aliphatic heterocycles. The number of piperidine rings is 1. The Morgan fingerprint density at radius 3 is 2.53 bits per heavy atom. The van der Waals surface area contributed by atoms with Gasteiger partial charge in [-0.2, -0.15) is 0 Å². The predicted octanol–water partition coefficient (Wildman–Crippen LogP) is 6.63. The summed E-state index contributed by atoms with van der Waals surface area (Å²) >= 11 is 0. The molecule has 3 aliphatic carbocycles. The molecule has 1 aromatic carbocycles. The first kappa shape index (κ1) is 23.9. The standard InChI is InChI=1S/C30H43NO3/c1-29-19-17-25-23(14-16-26-30(25,2)20-18-27(32)31(26)3)24(29)15-13-21(29)9-7-8-12-28(33)34-22-10-5-4-6-11-22/h4-6,10-11,21,23-26H,7-9,12-20H2,1-3H3/t21-,23-,24-,25-,26+,29+,30+/m0/s1. The molecule has 0 radical (unpaired) electrons. The van der Waals surface area contributed by atoms with Gasteiger partial charge in [0.05, 0.1) is 0 Å². The third-order valence-electron chi connectivity index (χ3n) is 10.9. The maximum atomic E-state index is 12.4. The summed E-state index contributed by atoms with van der Waals surface area (Å²) in [4.78, 5) is 26.7. The molecule has 7 atom stereocenters. The lowest BCUT2D eigenvalue weighted by Crippen LogP contribution is -2.61. The Kier molecular flexibility index (Phi) is 6.54. The molecule has 1 amide bonds. The summed E-state index contributed by atoms with van der Waals surface area (Å²) in [6.45, 7) is 5.11. The Morgan fingerprint density at radius 1 is 0.971 bits per heavy atom. The van der Waals surface area contributed by atoms with Crippen LogP contribution < -0.4 is 4.74 Å². The van der Waals surface area contributed by atoms with E-state index in [9.17, 15) is 9.59 Å². The fourth-order valence-electron chi connectivity index (χ4n) is 9.06. The Labute approximate surface area is 205 Å². The van der Waals surface area contributed by atoms with Gasteiger partial charge >= 0.3 is 5.97 Å². The highest BCUT2D eigenvalue weighted by molar-refractivity contribution is 5.77. The van der Waals surface area contributed by atoms with E-state index in [-0.39, 0.29) is 5.97 Å². The van der Waals surface area contributed by atoms with Crippen LogP contribution in [0.5, 0.6) is 5.75 Å². The Balaban J connectivity index is 1.16. The van der Waals surface area contributed by atoms with Crippen molar-refractivity contribution in [3.05, 3.63) is 30.3 Å². The summed E-state index contributed by atoms with van der Waals surface area (Å²) < 4.78 is 5.45. The maximum Gasteiger partial charge on any atom is 0.311 e. The van der Waals surface area contributed by atoms with Gasteiger partial charge in [-0.1, -0.05) is 38.5 Å². The minimum atomic E-state index is -0.108. The number of likely N-dealkylation sites (tertiary alicyclic amines) is 1. The largest absolute Gasteiger partial charge is 0.427 e. The number of unbranched alkanes of at least 4 members (excludes halogenated alkanes) is 1. The van der Waals surface area contributed by atoms with Crippen LogP contribution in [0.2, 0.25) is 0 Å². The van der Waals surface area contributed by atoms with Gasteiger partial charge < -0.3 is 9.64 Å². The van der Waals surface area contributed by atoms with Crippen LogP contribution in [0, 0.1) is 34.5 Å². The molecule has 34 heavy (non-hydrogen) atoms. The lowest BCUT2D eigenvalue weighted by Gasteiger charge is -2.62. The lowest BCUT2D eigenvalue weighted by atomic mass is 9.46. The average molecular weight is 466 g/mol. The fourth-order valence-corrected chi connectivity index (χ4v) is 9.06. The molecule has 0 aromatic heterocycles. The third kappa shape index (κ3) is 4.09. The highest BCUT2D eigenvalue weighted by atomic mass is 16.5. The molecule has 5 rings (SSSR count). The second kappa shape index (κ2) is 9.32. The number of carbonyl (C=O) groups is 2. The van der Waals surface area contributed by atoms with E-state index in [1.807, 2.05) is 30.3 Å². The van der Waals surface area contributed by atoms with Gasteiger partial charge in [-0.3, -0.25) is 9.59 Å². The number of benzene rings is 1. The summed E-state index contributed by atoms with van der Waals surface area (Å²) in [7, 11) is 2.05. The van der Waals surface area contributed by atoms with Crippen LogP contribution in [0.1, 0.15) is 90.9 Å². The zero-order valence-corrected chi connectivity index (χ0v) is 21.4. The fraction of sp³-hybridized carbons (Fsp3) is 0.733. The summed E-state index contributed by atoms with van der Waals surface area (Å²) in [5, 5.41) is 0. The predicted molar refractivity (Wildman–Crippen MR) is 134 cm³/mol. The van der Waals surface area contributed by atoms with Crippen LogP contribution in [-0.4, -0.2) is 29.9 Å². The van der Waals surface area contributed by atoms with Crippen LogP contribution >= 0.6 is 0 Å². The van der Waals surface area contributed by atoms with E-state index >= 15 is 0 Å². The summed E-state index contributed by atoms with van der Waals surface area (Å²) in [5.74, 6) is 4.16. The minimum Gasteiger partial charge on any atom is -0.427 e. The second-order valence-corrected chi connectivity index (χ2v) is 12.3. The van der Waals surface area contributed by atoms with Crippen molar-refractivity contribution in [2.24, 2.45) is 34.5 Å². The number of amides is 1. The Hall–Kier alpha value is -1.84. The molecule has 3 saturated carbocycles. The molecular weight excluding hydrogens is 422 g/mol. The van der Waals surface area contributed by atoms with Crippen molar-refractivity contribution in [1.29, 1.82) is 0 Å². The summed E-state index contributed by atoms with van der Waals surface area (Å²) in [6.07, 6.45) is 13.6. The molecule has 4 heteroatoms. The monoisotopic (exact) mass is 465 g/mol. The van der Waals surface area contributed by atoms with Crippen LogP contribution in [0.3, 0.4) is 0 Å². The van der Waals surface area contributed by atoms with Crippen LogP contribution in [-0.2, 0) is 9.59 Å². The van der Waals surface area contributed by atoms with E-state index in [0.29, 0.717) is 34.9 Å². The van der Waals surface area contributed by atoms with Crippen molar-refractivity contribution in [1.82, 2.24) is 4.90 Å². The summed E-state index contributed by atoms with van der Waals surface area (Å²) in [6, 6.07) is 9.85. The van der Waals surface area contributed by atoms with Gasteiger partial charge in [0.1, 0.15) is 5.75 Å². The van der Waals surface area contributed by atoms with Crippen molar-refractivity contribution in [3.63, 3.8) is 0 Å². The van der Waals surface area contributed by atoms with E-state index in [0.717, 1.165) is 49.4 Å². The molecule has 1 aromatic rings. The number of hydrogen-bond acceptors (Lipinski definition) is 3. The van der Waals surface area contributed by atoms with Crippen molar-refractivity contribution in [2.45, 2.75) is 96.9 Å². The zero-order valence-electron chi connectivity index (χ0n) is 21.4. The quantitative estimate of drug-likeness (QED) is 0.269. The topological polar surface area (TPSA) is 46.6 Å². The first-order valence-electron chi connectivity index (χ1n) is 13.8. The van der Waals surface area contributed by atoms with Crippen molar-refractivity contribution in [3.8, 4) is 5.75 Å². The molecule has 0 unspecified atom stereocenters. The van der Waals surface area contributed by atoms with Gasteiger partial charge in [0.25, 0.3) is 0 Å². The number of fused-ring (bicyclic) bond motifs is 5. The third-order valence-corrected chi connectivity index (χ3v) is 10.9. The van der Waals surface area contributed by atoms with Gasteiger partial charge in [-0.25, -0.2) is 0 Å². The highest BCUT2D eigenvalue weighted by Gasteiger charge is 2.60. The number of nitrogens with zero attached hydrogens (tertiary/aromatic N) is 1. The molecule has 0 N–H and O–H groups in total. The molecule has 4 nitrogen and oxygen atoms in total.